The first-order valence-corrected chi connectivity index (χ1v) is 6.60. The van der Waals surface area contributed by atoms with Gasteiger partial charge in [0.25, 0.3) is 0 Å². The monoisotopic (exact) mass is 324 g/mol. The summed E-state index contributed by atoms with van der Waals surface area (Å²) >= 11 is 3.33. The molecule has 1 rings (SSSR count). The van der Waals surface area contributed by atoms with Crippen LogP contribution in [0.1, 0.15) is 26.3 Å². The van der Waals surface area contributed by atoms with E-state index in [4.69, 9.17) is 11.2 Å². The second-order valence-corrected chi connectivity index (χ2v) is 5.98. The molecule has 1 aromatic rings. The maximum Gasteiger partial charge on any atom is 0.416 e. The summed E-state index contributed by atoms with van der Waals surface area (Å²) in [5, 5.41) is 0. The molecule has 5 heteroatoms. The SMILES string of the molecule is C#CCN(C(=O)OC(C)(C)C)c1ncc(Br)cc1C. The zero-order chi connectivity index (χ0) is 14.6. The van der Waals surface area contributed by atoms with Crippen molar-refractivity contribution < 1.29 is 9.53 Å². The number of aromatic nitrogens is 1. The van der Waals surface area contributed by atoms with Crippen molar-refractivity contribution in [1.82, 2.24) is 4.98 Å². The highest BCUT2D eigenvalue weighted by Crippen LogP contribution is 2.22. The molecule has 0 saturated carbocycles. The van der Waals surface area contributed by atoms with Crippen molar-refractivity contribution >= 4 is 27.8 Å². The number of nitrogens with zero attached hydrogens (tertiary/aromatic N) is 2. The quantitative estimate of drug-likeness (QED) is 0.781. The number of carbonyl (C=O) groups is 1. The number of ether oxygens (including phenoxy) is 1. The van der Waals surface area contributed by atoms with E-state index in [1.807, 2.05) is 13.0 Å². The van der Waals surface area contributed by atoms with E-state index >= 15 is 0 Å². The minimum absolute atomic E-state index is 0.115. The van der Waals surface area contributed by atoms with Crippen LogP contribution in [0.15, 0.2) is 16.7 Å². The molecular weight excluding hydrogens is 308 g/mol. The van der Waals surface area contributed by atoms with Gasteiger partial charge in [0.1, 0.15) is 11.4 Å². The van der Waals surface area contributed by atoms with Crippen molar-refractivity contribution in [2.24, 2.45) is 0 Å². The van der Waals surface area contributed by atoms with Crippen LogP contribution in [0, 0.1) is 19.3 Å². The first kappa shape index (κ1) is 15.5. The van der Waals surface area contributed by atoms with Crippen molar-refractivity contribution in [1.29, 1.82) is 0 Å². The van der Waals surface area contributed by atoms with E-state index in [0.717, 1.165) is 10.0 Å². The third-order valence-electron chi connectivity index (χ3n) is 2.14. The Hall–Kier alpha value is -1.54. The Kier molecular flexibility index (Phi) is 4.96. The van der Waals surface area contributed by atoms with E-state index in [9.17, 15) is 4.79 Å². The summed E-state index contributed by atoms with van der Waals surface area (Å²) in [5.74, 6) is 2.96. The second-order valence-electron chi connectivity index (χ2n) is 5.06. The van der Waals surface area contributed by atoms with Gasteiger partial charge in [0.05, 0.1) is 6.54 Å². The molecule has 1 amide bonds. The normalized spacial score (nSPS) is 10.7. The zero-order valence-corrected chi connectivity index (χ0v) is 13.1. The topological polar surface area (TPSA) is 42.4 Å². The number of aryl methyl sites for hydroxylation is 1. The Bertz CT molecular complexity index is 515. The van der Waals surface area contributed by atoms with Gasteiger partial charge in [-0.3, -0.25) is 0 Å². The largest absolute Gasteiger partial charge is 0.443 e. The summed E-state index contributed by atoms with van der Waals surface area (Å²) in [4.78, 5) is 17.7. The van der Waals surface area contributed by atoms with Crippen molar-refractivity contribution in [2.45, 2.75) is 33.3 Å². The van der Waals surface area contributed by atoms with Gasteiger partial charge in [0.15, 0.2) is 0 Å². The molecule has 0 saturated heterocycles. The van der Waals surface area contributed by atoms with Gasteiger partial charge in [-0.25, -0.2) is 14.7 Å². The van der Waals surface area contributed by atoms with Crippen molar-refractivity contribution in [3.63, 3.8) is 0 Å². The minimum Gasteiger partial charge on any atom is -0.443 e. The summed E-state index contributed by atoms with van der Waals surface area (Å²) in [6.07, 6.45) is 6.44. The lowest BCUT2D eigenvalue weighted by Crippen LogP contribution is -2.38. The van der Waals surface area contributed by atoms with Crippen LogP contribution in [-0.4, -0.2) is 23.2 Å². The Balaban J connectivity index is 3.07. The maximum atomic E-state index is 12.1. The minimum atomic E-state index is -0.576. The number of amides is 1. The highest BCUT2D eigenvalue weighted by molar-refractivity contribution is 9.10. The maximum absolute atomic E-state index is 12.1. The average molecular weight is 325 g/mol. The lowest BCUT2D eigenvalue weighted by molar-refractivity contribution is 0.0583. The van der Waals surface area contributed by atoms with Crippen LogP contribution in [0.4, 0.5) is 10.6 Å². The molecule has 0 aliphatic carbocycles. The molecule has 0 N–H and O–H groups in total. The van der Waals surface area contributed by atoms with Crippen LogP contribution >= 0.6 is 15.9 Å². The van der Waals surface area contributed by atoms with Gasteiger partial charge in [-0.15, -0.1) is 6.42 Å². The Morgan fingerprint density at radius 1 is 1.58 bits per heavy atom. The fraction of sp³-hybridized carbons (Fsp3) is 0.429. The van der Waals surface area contributed by atoms with E-state index in [1.54, 1.807) is 27.0 Å². The average Bonchev–Trinajstić information content (AvgIpc) is 2.24. The molecule has 102 valence electrons. The van der Waals surface area contributed by atoms with Crippen LogP contribution in [-0.2, 0) is 4.74 Å². The summed E-state index contributed by atoms with van der Waals surface area (Å²) < 4.78 is 6.18. The molecular formula is C14H17BrN2O2. The van der Waals surface area contributed by atoms with E-state index in [1.165, 1.54) is 4.90 Å². The van der Waals surface area contributed by atoms with Crippen molar-refractivity contribution in [3.8, 4) is 12.3 Å². The molecule has 0 radical (unpaired) electrons. The van der Waals surface area contributed by atoms with Gasteiger partial charge in [-0.2, -0.15) is 0 Å². The van der Waals surface area contributed by atoms with Crippen molar-refractivity contribution in [3.05, 3.63) is 22.3 Å². The van der Waals surface area contributed by atoms with Crippen molar-refractivity contribution in [2.75, 3.05) is 11.4 Å². The lowest BCUT2D eigenvalue weighted by atomic mass is 10.2. The smallest absolute Gasteiger partial charge is 0.416 e. The van der Waals surface area contributed by atoms with Crippen LogP contribution in [0.5, 0.6) is 0 Å². The summed E-state index contributed by atoms with van der Waals surface area (Å²) in [6.45, 7) is 7.40. The van der Waals surface area contributed by atoms with Gasteiger partial charge < -0.3 is 4.74 Å². The number of pyridine rings is 1. The molecule has 0 aromatic carbocycles. The zero-order valence-electron chi connectivity index (χ0n) is 11.5. The third kappa shape index (κ3) is 4.56. The molecule has 1 heterocycles. The summed E-state index contributed by atoms with van der Waals surface area (Å²) in [7, 11) is 0. The Morgan fingerprint density at radius 3 is 2.68 bits per heavy atom. The fourth-order valence-corrected chi connectivity index (χ4v) is 1.90. The van der Waals surface area contributed by atoms with E-state index < -0.39 is 11.7 Å². The van der Waals surface area contributed by atoms with Gasteiger partial charge in [0, 0.05) is 10.7 Å². The van der Waals surface area contributed by atoms with E-state index in [-0.39, 0.29) is 6.54 Å². The molecule has 0 spiro atoms. The molecule has 4 nitrogen and oxygen atoms in total. The molecule has 1 aromatic heterocycles. The van der Waals surface area contributed by atoms with Gasteiger partial charge in [-0.05, 0) is 55.3 Å². The number of carbonyl (C=O) groups excluding carboxylic acids is 1. The number of halogens is 1. The predicted molar refractivity (Wildman–Crippen MR) is 79.1 cm³/mol. The first-order chi connectivity index (χ1) is 8.74. The number of hydrogen-bond donors (Lipinski definition) is 0. The van der Waals surface area contributed by atoms with Crippen LogP contribution < -0.4 is 4.90 Å². The molecule has 0 fully saturated rings. The summed E-state index contributed by atoms with van der Waals surface area (Å²) in [5.41, 5.74) is 0.267. The molecule has 0 atom stereocenters. The first-order valence-electron chi connectivity index (χ1n) is 5.80. The van der Waals surface area contributed by atoms with Gasteiger partial charge in [-0.1, -0.05) is 5.92 Å². The predicted octanol–water partition coefficient (Wildman–Crippen LogP) is 3.53. The number of hydrogen-bond acceptors (Lipinski definition) is 3. The van der Waals surface area contributed by atoms with Crippen LogP contribution in [0.25, 0.3) is 0 Å². The molecule has 0 bridgehead atoms. The molecule has 0 aliphatic rings. The second kappa shape index (κ2) is 6.07. The molecule has 19 heavy (non-hydrogen) atoms. The van der Waals surface area contributed by atoms with E-state index in [0.29, 0.717) is 5.82 Å². The Labute approximate surface area is 122 Å². The lowest BCUT2D eigenvalue weighted by Gasteiger charge is -2.26. The fourth-order valence-electron chi connectivity index (χ4n) is 1.45. The number of terminal acetylenes is 1. The van der Waals surface area contributed by atoms with Gasteiger partial charge in [0.2, 0.25) is 0 Å². The Morgan fingerprint density at radius 2 is 2.21 bits per heavy atom. The van der Waals surface area contributed by atoms with Crippen LogP contribution in [0.2, 0.25) is 0 Å². The van der Waals surface area contributed by atoms with E-state index in [2.05, 4.69) is 26.8 Å². The number of anilines is 1. The van der Waals surface area contributed by atoms with Gasteiger partial charge >= 0.3 is 6.09 Å². The number of rotatable bonds is 2. The standard InChI is InChI=1S/C14H17BrN2O2/c1-6-7-17(13(18)19-14(3,4)5)12-10(2)8-11(15)9-16-12/h1,8-9H,7H2,2-5H3. The highest BCUT2D eigenvalue weighted by atomic mass is 79.9. The van der Waals surface area contributed by atoms with Crippen LogP contribution in [0.3, 0.4) is 0 Å². The molecule has 0 unspecified atom stereocenters. The highest BCUT2D eigenvalue weighted by Gasteiger charge is 2.24. The molecule has 0 aliphatic heterocycles. The summed E-state index contributed by atoms with van der Waals surface area (Å²) in [6, 6.07) is 1.87. The third-order valence-corrected chi connectivity index (χ3v) is 2.57.